The molecule has 0 bridgehead atoms. The number of thioether (sulfide) groups is 1. The third-order valence-electron chi connectivity index (χ3n) is 3.75. The zero-order valence-electron chi connectivity index (χ0n) is 13.4. The van der Waals surface area contributed by atoms with E-state index in [2.05, 4.69) is 66.2 Å². The molecule has 0 aliphatic rings. The summed E-state index contributed by atoms with van der Waals surface area (Å²) in [6, 6.07) is 11.4. The first kappa shape index (κ1) is 16.1. The lowest BCUT2D eigenvalue weighted by atomic mass is 10.1. The average Bonchev–Trinajstić information content (AvgIpc) is 2.94. The van der Waals surface area contributed by atoms with Gasteiger partial charge in [-0.05, 0) is 51.1 Å². The Balaban J connectivity index is 2.07. The molecule has 2 rings (SSSR count). The molecule has 1 unspecified atom stereocenters. The summed E-state index contributed by atoms with van der Waals surface area (Å²) < 4.78 is 2.12. The van der Waals surface area contributed by atoms with Crippen LogP contribution in [-0.2, 0) is 18.7 Å². The Morgan fingerprint density at radius 2 is 2.10 bits per heavy atom. The quantitative estimate of drug-likeness (QED) is 0.783. The summed E-state index contributed by atoms with van der Waals surface area (Å²) >= 11 is 1.88. The van der Waals surface area contributed by atoms with Crippen LogP contribution in [0.1, 0.15) is 43.8 Å². The molecule has 1 aromatic heterocycles. The molecule has 21 heavy (non-hydrogen) atoms. The Hall–Kier alpha value is -1.26. The van der Waals surface area contributed by atoms with Crippen LogP contribution in [0, 0.1) is 0 Å². The molecule has 4 heteroatoms. The predicted molar refractivity (Wildman–Crippen MR) is 90.8 cm³/mol. The number of nitrogens with one attached hydrogen (secondary N) is 1. The standard InChI is InChI=1S/C17H25N3S/c1-5-15-11-16(20(6-2)19-15)12-21-17-9-7-8-14(10-17)13(3)18-4/h7-11,13,18H,5-6,12H2,1-4H3. The predicted octanol–water partition coefficient (Wildman–Crippen LogP) is 4.04. The second-order valence-corrected chi connectivity index (χ2v) is 6.22. The Labute approximate surface area is 132 Å². The molecule has 1 atom stereocenters. The summed E-state index contributed by atoms with van der Waals surface area (Å²) in [7, 11) is 2.00. The van der Waals surface area contributed by atoms with E-state index in [0.29, 0.717) is 6.04 Å². The first-order valence-electron chi connectivity index (χ1n) is 7.63. The number of aryl methyl sites for hydroxylation is 2. The Kier molecular flexibility index (Phi) is 5.88. The summed E-state index contributed by atoms with van der Waals surface area (Å²) in [6.07, 6.45) is 1.000. The minimum absolute atomic E-state index is 0.387. The zero-order chi connectivity index (χ0) is 15.2. The number of aromatic nitrogens is 2. The second kappa shape index (κ2) is 7.66. The number of rotatable bonds is 7. The van der Waals surface area contributed by atoms with Gasteiger partial charge in [-0.2, -0.15) is 5.10 Å². The molecule has 0 amide bonds. The fourth-order valence-corrected chi connectivity index (χ4v) is 3.22. The van der Waals surface area contributed by atoms with E-state index < -0.39 is 0 Å². The molecule has 0 radical (unpaired) electrons. The topological polar surface area (TPSA) is 29.9 Å². The van der Waals surface area contributed by atoms with Gasteiger partial charge >= 0.3 is 0 Å². The highest BCUT2D eigenvalue weighted by molar-refractivity contribution is 7.98. The monoisotopic (exact) mass is 303 g/mol. The van der Waals surface area contributed by atoms with Gasteiger partial charge in [0.25, 0.3) is 0 Å². The smallest absolute Gasteiger partial charge is 0.0625 e. The summed E-state index contributed by atoms with van der Waals surface area (Å²) in [5.41, 5.74) is 3.83. The average molecular weight is 303 g/mol. The van der Waals surface area contributed by atoms with Gasteiger partial charge in [-0.3, -0.25) is 4.68 Å². The van der Waals surface area contributed by atoms with Crippen molar-refractivity contribution in [1.29, 1.82) is 0 Å². The largest absolute Gasteiger partial charge is 0.313 e. The van der Waals surface area contributed by atoms with E-state index in [1.807, 2.05) is 18.8 Å². The van der Waals surface area contributed by atoms with Crippen LogP contribution < -0.4 is 5.32 Å². The first-order chi connectivity index (χ1) is 10.2. The van der Waals surface area contributed by atoms with Crippen molar-refractivity contribution in [2.24, 2.45) is 0 Å². The lowest BCUT2D eigenvalue weighted by Crippen LogP contribution is -2.12. The van der Waals surface area contributed by atoms with E-state index in [9.17, 15) is 0 Å². The van der Waals surface area contributed by atoms with Crippen molar-refractivity contribution in [2.45, 2.75) is 50.4 Å². The van der Waals surface area contributed by atoms with Crippen LogP contribution in [0.4, 0.5) is 0 Å². The molecule has 0 saturated heterocycles. The van der Waals surface area contributed by atoms with E-state index in [-0.39, 0.29) is 0 Å². The van der Waals surface area contributed by atoms with Gasteiger partial charge in [-0.1, -0.05) is 19.1 Å². The van der Waals surface area contributed by atoms with Crippen LogP contribution in [-0.4, -0.2) is 16.8 Å². The third kappa shape index (κ3) is 4.11. The maximum Gasteiger partial charge on any atom is 0.0625 e. The molecule has 3 nitrogen and oxygen atoms in total. The molecular weight excluding hydrogens is 278 g/mol. The van der Waals surface area contributed by atoms with Gasteiger partial charge in [-0.15, -0.1) is 11.8 Å². The Bertz CT molecular complexity index is 577. The Morgan fingerprint density at radius 3 is 2.76 bits per heavy atom. The van der Waals surface area contributed by atoms with E-state index in [4.69, 9.17) is 0 Å². The number of hydrogen-bond acceptors (Lipinski definition) is 3. The molecule has 0 saturated carbocycles. The molecule has 0 fully saturated rings. The van der Waals surface area contributed by atoms with Crippen molar-refractivity contribution < 1.29 is 0 Å². The number of nitrogens with zero attached hydrogens (tertiary/aromatic N) is 2. The van der Waals surface area contributed by atoms with Crippen LogP contribution in [0.2, 0.25) is 0 Å². The van der Waals surface area contributed by atoms with Gasteiger partial charge in [0.15, 0.2) is 0 Å². The van der Waals surface area contributed by atoms with Crippen molar-refractivity contribution in [3.05, 3.63) is 47.3 Å². The molecule has 1 N–H and O–H groups in total. The molecule has 2 aromatic rings. The first-order valence-corrected chi connectivity index (χ1v) is 8.62. The van der Waals surface area contributed by atoms with Gasteiger partial charge in [0.05, 0.1) is 5.69 Å². The van der Waals surface area contributed by atoms with Crippen molar-refractivity contribution in [2.75, 3.05) is 7.05 Å². The van der Waals surface area contributed by atoms with Crippen molar-refractivity contribution >= 4 is 11.8 Å². The molecule has 0 spiro atoms. The van der Waals surface area contributed by atoms with Crippen molar-refractivity contribution in [3.63, 3.8) is 0 Å². The summed E-state index contributed by atoms with van der Waals surface area (Å²) in [6.45, 7) is 7.42. The molecule has 0 aliphatic carbocycles. The van der Waals surface area contributed by atoms with Crippen molar-refractivity contribution in [1.82, 2.24) is 15.1 Å². The Morgan fingerprint density at radius 1 is 1.29 bits per heavy atom. The molecular formula is C17H25N3S. The highest BCUT2D eigenvalue weighted by Crippen LogP contribution is 2.26. The van der Waals surface area contributed by atoms with E-state index in [0.717, 1.165) is 18.7 Å². The lowest BCUT2D eigenvalue weighted by molar-refractivity contribution is 0.628. The summed E-state index contributed by atoms with van der Waals surface area (Å²) in [5.74, 6) is 0.970. The fourth-order valence-electron chi connectivity index (χ4n) is 2.28. The van der Waals surface area contributed by atoms with Crippen LogP contribution in [0.25, 0.3) is 0 Å². The van der Waals surface area contributed by atoms with Gasteiger partial charge in [-0.25, -0.2) is 0 Å². The van der Waals surface area contributed by atoms with Gasteiger partial charge in [0, 0.05) is 28.9 Å². The van der Waals surface area contributed by atoms with Gasteiger partial charge in [0.1, 0.15) is 0 Å². The maximum absolute atomic E-state index is 4.61. The minimum Gasteiger partial charge on any atom is -0.313 e. The van der Waals surface area contributed by atoms with Crippen LogP contribution in [0.3, 0.4) is 0 Å². The number of hydrogen-bond donors (Lipinski definition) is 1. The van der Waals surface area contributed by atoms with Crippen LogP contribution in [0.15, 0.2) is 35.2 Å². The molecule has 0 aliphatic heterocycles. The molecule has 1 aromatic carbocycles. The minimum atomic E-state index is 0.387. The van der Waals surface area contributed by atoms with E-state index in [1.54, 1.807) is 0 Å². The molecule has 114 valence electrons. The van der Waals surface area contributed by atoms with Gasteiger partial charge in [0.2, 0.25) is 0 Å². The highest BCUT2D eigenvalue weighted by atomic mass is 32.2. The normalized spacial score (nSPS) is 12.6. The highest BCUT2D eigenvalue weighted by Gasteiger charge is 2.07. The number of benzene rings is 1. The fraction of sp³-hybridized carbons (Fsp3) is 0.471. The second-order valence-electron chi connectivity index (χ2n) is 5.17. The lowest BCUT2D eigenvalue weighted by Gasteiger charge is -2.12. The zero-order valence-corrected chi connectivity index (χ0v) is 14.2. The van der Waals surface area contributed by atoms with Crippen LogP contribution in [0.5, 0.6) is 0 Å². The van der Waals surface area contributed by atoms with Crippen LogP contribution >= 0.6 is 11.8 Å². The van der Waals surface area contributed by atoms with E-state index >= 15 is 0 Å². The summed E-state index contributed by atoms with van der Waals surface area (Å²) in [4.78, 5) is 1.32. The van der Waals surface area contributed by atoms with Gasteiger partial charge < -0.3 is 5.32 Å². The van der Waals surface area contributed by atoms with E-state index in [1.165, 1.54) is 21.8 Å². The van der Waals surface area contributed by atoms with Crippen molar-refractivity contribution in [3.8, 4) is 0 Å². The molecule has 1 heterocycles. The summed E-state index contributed by atoms with van der Waals surface area (Å²) in [5, 5.41) is 7.90. The SMILES string of the molecule is CCc1cc(CSc2cccc(C(C)NC)c2)n(CC)n1. The maximum atomic E-state index is 4.61. The third-order valence-corrected chi connectivity index (χ3v) is 4.78.